The van der Waals surface area contributed by atoms with E-state index in [1.807, 2.05) is 0 Å². The summed E-state index contributed by atoms with van der Waals surface area (Å²) in [5.41, 5.74) is -0.216. The van der Waals surface area contributed by atoms with Crippen molar-refractivity contribution in [3.8, 4) is 0 Å². The first-order valence-corrected chi connectivity index (χ1v) is 7.48. The molecular formula is C16H17F3N4O2. The van der Waals surface area contributed by atoms with Gasteiger partial charge in [-0.1, -0.05) is 0 Å². The van der Waals surface area contributed by atoms with E-state index < -0.39 is 23.3 Å². The highest BCUT2D eigenvalue weighted by atomic mass is 19.4. The maximum absolute atomic E-state index is 12.7. The van der Waals surface area contributed by atoms with Crippen molar-refractivity contribution < 1.29 is 18.0 Å². The molecule has 2 aromatic heterocycles. The van der Waals surface area contributed by atoms with Gasteiger partial charge in [0.1, 0.15) is 17.1 Å². The monoisotopic (exact) mass is 354 g/mol. The lowest BCUT2D eigenvalue weighted by Crippen LogP contribution is -2.32. The lowest BCUT2D eigenvalue weighted by Gasteiger charge is -2.10. The van der Waals surface area contributed by atoms with Gasteiger partial charge >= 0.3 is 6.18 Å². The highest BCUT2D eigenvalue weighted by Crippen LogP contribution is 2.27. The molecule has 2 aromatic rings. The molecule has 0 unspecified atom stereocenters. The van der Waals surface area contributed by atoms with Crippen molar-refractivity contribution >= 4 is 5.91 Å². The van der Waals surface area contributed by atoms with Gasteiger partial charge in [0.05, 0.1) is 0 Å². The molecule has 6 nitrogen and oxygen atoms in total. The Kier molecular flexibility index (Phi) is 5.24. The van der Waals surface area contributed by atoms with Crippen molar-refractivity contribution in [1.82, 2.24) is 20.3 Å². The quantitative estimate of drug-likeness (QED) is 0.880. The van der Waals surface area contributed by atoms with Crippen LogP contribution in [0.2, 0.25) is 0 Å². The normalized spacial score (nSPS) is 11.4. The molecule has 2 heterocycles. The number of amides is 1. The number of aryl methyl sites for hydroxylation is 3. The van der Waals surface area contributed by atoms with Crippen molar-refractivity contribution in [3.05, 3.63) is 56.5 Å². The average Bonchev–Trinajstić information content (AvgIpc) is 2.44. The fourth-order valence-corrected chi connectivity index (χ4v) is 2.40. The molecular weight excluding hydrogens is 337 g/mol. The number of alkyl halides is 3. The van der Waals surface area contributed by atoms with Gasteiger partial charge in [-0.25, -0.2) is 9.97 Å². The van der Waals surface area contributed by atoms with Crippen LogP contribution in [0.4, 0.5) is 13.2 Å². The molecule has 2 N–H and O–H groups in total. The first kappa shape index (κ1) is 18.6. The summed E-state index contributed by atoms with van der Waals surface area (Å²) >= 11 is 0. The number of aromatic amines is 1. The third-order valence-electron chi connectivity index (χ3n) is 3.42. The number of aromatic nitrogens is 3. The molecule has 0 aliphatic rings. The first-order valence-electron chi connectivity index (χ1n) is 7.48. The van der Waals surface area contributed by atoms with Crippen LogP contribution in [-0.2, 0) is 12.6 Å². The van der Waals surface area contributed by atoms with Crippen molar-refractivity contribution in [3.63, 3.8) is 0 Å². The Morgan fingerprint density at radius 1 is 1.20 bits per heavy atom. The molecule has 134 valence electrons. The Morgan fingerprint density at radius 3 is 2.48 bits per heavy atom. The van der Waals surface area contributed by atoms with Gasteiger partial charge in [-0.05, 0) is 38.5 Å². The van der Waals surface area contributed by atoms with Crippen LogP contribution in [0.3, 0.4) is 0 Å². The van der Waals surface area contributed by atoms with E-state index in [0.717, 1.165) is 6.07 Å². The van der Waals surface area contributed by atoms with E-state index in [1.165, 1.54) is 6.92 Å². The predicted molar refractivity (Wildman–Crippen MR) is 84.3 cm³/mol. The van der Waals surface area contributed by atoms with Crippen molar-refractivity contribution in [2.45, 2.75) is 33.4 Å². The number of nitrogens with one attached hydrogen (secondary N) is 2. The average molecular weight is 354 g/mol. The number of rotatable bonds is 4. The topological polar surface area (TPSA) is 87.7 Å². The van der Waals surface area contributed by atoms with Gasteiger partial charge < -0.3 is 10.3 Å². The Morgan fingerprint density at radius 2 is 1.88 bits per heavy atom. The third-order valence-corrected chi connectivity index (χ3v) is 3.42. The maximum atomic E-state index is 12.7. The van der Waals surface area contributed by atoms with E-state index in [1.54, 1.807) is 19.9 Å². The fraction of sp³-hybridized carbons (Fsp3) is 0.375. The summed E-state index contributed by atoms with van der Waals surface area (Å²) in [5, 5.41) is 2.51. The van der Waals surface area contributed by atoms with Crippen molar-refractivity contribution in [1.29, 1.82) is 0 Å². The minimum Gasteiger partial charge on any atom is -0.351 e. The van der Waals surface area contributed by atoms with E-state index in [4.69, 9.17) is 0 Å². The predicted octanol–water partition coefficient (Wildman–Crippen LogP) is 2.08. The van der Waals surface area contributed by atoms with Gasteiger partial charge in [-0.15, -0.1) is 0 Å². The van der Waals surface area contributed by atoms with Crippen LogP contribution < -0.4 is 10.9 Å². The molecule has 0 aliphatic heterocycles. The molecule has 0 radical (unpaired) electrons. The summed E-state index contributed by atoms with van der Waals surface area (Å²) in [5.74, 6) is -0.621. The molecule has 0 fully saturated rings. The number of H-pyrrole nitrogens is 1. The zero-order valence-corrected chi connectivity index (χ0v) is 13.9. The van der Waals surface area contributed by atoms with Crippen LogP contribution in [0.5, 0.6) is 0 Å². The molecule has 2 rings (SSSR count). The Labute approximate surface area is 141 Å². The van der Waals surface area contributed by atoms with Crippen LogP contribution in [0.1, 0.15) is 38.8 Å². The Hall–Kier alpha value is -2.71. The second-order valence-corrected chi connectivity index (χ2v) is 5.65. The smallest absolute Gasteiger partial charge is 0.351 e. The van der Waals surface area contributed by atoms with Crippen LogP contribution in [0.25, 0.3) is 0 Å². The molecule has 0 aliphatic carbocycles. The van der Waals surface area contributed by atoms with E-state index >= 15 is 0 Å². The summed E-state index contributed by atoms with van der Waals surface area (Å²) in [6.07, 6.45) is -4.54. The number of hydrogen-bond donors (Lipinski definition) is 2. The standard InChI is InChI=1S/C16H17F3N4O2/c1-8-6-9(2)22-15(25)13(8)14(24)20-5-4-12-21-10(3)7-11(23-12)16(17,18)19/h6-7H,4-5H2,1-3H3,(H,20,24)(H,22,25). The van der Waals surface area contributed by atoms with E-state index in [9.17, 15) is 22.8 Å². The fourth-order valence-electron chi connectivity index (χ4n) is 2.40. The minimum atomic E-state index is -4.56. The summed E-state index contributed by atoms with van der Waals surface area (Å²) < 4.78 is 38.2. The van der Waals surface area contributed by atoms with Gasteiger partial charge in [0.25, 0.3) is 11.5 Å². The van der Waals surface area contributed by atoms with Crippen LogP contribution >= 0.6 is 0 Å². The summed E-state index contributed by atoms with van der Waals surface area (Å²) in [7, 11) is 0. The van der Waals surface area contributed by atoms with Gasteiger partial charge in [0, 0.05) is 24.4 Å². The molecule has 0 bridgehead atoms. The summed E-state index contributed by atoms with van der Waals surface area (Å²) in [6.45, 7) is 4.78. The Balaban J connectivity index is 2.08. The molecule has 0 spiro atoms. The highest BCUT2D eigenvalue weighted by molar-refractivity contribution is 5.95. The summed E-state index contributed by atoms with van der Waals surface area (Å²) in [4.78, 5) is 33.9. The molecule has 0 saturated carbocycles. The SMILES string of the molecule is Cc1cc(C(F)(F)F)nc(CCNC(=O)c2c(C)cc(C)[nH]c2=O)n1. The maximum Gasteiger partial charge on any atom is 0.433 e. The first-order chi connectivity index (χ1) is 11.6. The zero-order chi connectivity index (χ0) is 18.8. The van der Waals surface area contributed by atoms with Crippen LogP contribution in [-0.4, -0.2) is 27.4 Å². The number of nitrogens with zero attached hydrogens (tertiary/aromatic N) is 2. The second kappa shape index (κ2) is 7.04. The van der Waals surface area contributed by atoms with Crippen molar-refractivity contribution in [2.75, 3.05) is 6.54 Å². The third kappa shape index (κ3) is 4.65. The summed E-state index contributed by atoms with van der Waals surface area (Å²) in [6, 6.07) is 2.52. The molecule has 1 amide bonds. The van der Waals surface area contributed by atoms with Gasteiger partial charge in [-0.3, -0.25) is 9.59 Å². The molecule has 0 atom stereocenters. The second-order valence-electron chi connectivity index (χ2n) is 5.65. The lowest BCUT2D eigenvalue weighted by molar-refractivity contribution is -0.141. The van der Waals surface area contributed by atoms with E-state index in [0.29, 0.717) is 11.3 Å². The number of halogens is 3. The molecule has 0 saturated heterocycles. The molecule has 25 heavy (non-hydrogen) atoms. The zero-order valence-electron chi connectivity index (χ0n) is 13.9. The number of pyridine rings is 1. The highest BCUT2D eigenvalue weighted by Gasteiger charge is 2.33. The lowest BCUT2D eigenvalue weighted by atomic mass is 10.1. The number of hydrogen-bond acceptors (Lipinski definition) is 4. The Bertz CT molecular complexity index is 859. The molecule has 0 aromatic carbocycles. The van der Waals surface area contributed by atoms with Gasteiger partial charge in [0.15, 0.2) is 0 Å². The van der Waals surface area contributed by atoms with Crippen molar-refractivity contribution in [2.24, 2.45) is 0 Å². The molecule has 9 heteroatoms. The largest absolute Gasteiger partial charge is 0.433 e. The van der Waals surface area contributed by atoms with Crippen LogP contribution in [0, 0.1) is 20.8 Å². The van der Waals surface area contributed by atoms with Crippen LogP contribution in [0.15, 0.2) is 16.9 Å². The van der Waals surface area contributed by atoms with E-state index in [2.05, 4.69) is 20.3 Å². The number of carbonyl (C=O) groups excluding carboxylic acids is 1. The van der Waals surface area contributed by atoms with Gasteiger partial charge in [-0.2, -0.15) is 13.2 Å². The van der Waals surface area contributed by atoms with E-state index in [-0.39, 0.29) is 30.0 Å². The minimum absolute atomic E-state index is 0.00629. The van der Waals surface area contributed by atoms with Gasteiger partial charge in [0.2, 0.25) is 0 Å². The number of carbonyl (C=O) groups is 1.